The van der Waals surface area contributed by atoms with Gasteiger partial charge in [0.2, 0.25) is 0 Å². The second-order valence-corrected chi connectivity index (χ2v) is 7.08. The number of nitrogens with one attached hydrogen (secondary N) is 2. The maximum absolute atomic E-state index is 4.37. The Morgan fingerprint density at radius 3 is 2.61 bits per heavy atom. The molecule has 1 heterocycles. The molecule has 0 aromatic rings. The molecule has 1 aliphatic heterocycles. The summed E-state index contributed by atoms with van der Waals surface area (Å²) in [6.45, 7) is 7.73. The van der Waals surface area contributed by atoms with E-state index in [4.69, 9.17) is 0 Å². The Hall–Kier alpha value is -0.810. The molecule has 1 atom stereocenters. The number of hydrogen-bond acceptors (Lipinski definition) is 3. The highest BCUT2D eigenvalue weighted by Gasteiger charge is 2.22. The minimum atomic E-state index is 0.670. The average molecular weight is 324 g/mol. The van der Waals surface area contributed by atoms with Gasteiger partial charge in [0.25, 0.3) is 0 Å². The van der Waals surface area contributed by atoms with E-state index in [-0.39, 0.29) is 0 Å². The summed E-state index contributed by atoms with van der Waals surface area (Å²) in [7, 11) is 4.14. The minimum absolute atomic E-state index is 0.670. The van der Waals surface area contributed by atoms with E-state index in [0.29, 0.717) is 6.04 Å². The predicted octanol–water partition coefficient (Wildman–Crippen LogP) is 1.90. The van der Waals surface area contributed by atoms with Crippen molar-refractivity contribution in [1.82, 2.24) is 20.4 Å². The highest BCUT2D eigenvalue weighted by molar-refractivity contribution is 5.79. The summed E-state index contributed by atoms with van der Waals surface area (Å²) in [5.41, 5.74) is 0. The van der Waals surface area contributed by atoms with Crippen molar-refractivity contribution in [2.24, 2.45) is 4.99 Å². The van der Waals surface area contributed by atoms with Crippen molar-refractivity contribution >= 4 is 5.96 Å². The van der Waals surface area contributed by atoms with Crippen LogP contribution in [0.1, 0.15) is 51.9 Å². The molecule has 0 amide bonds. The number of hydrogen-bond donors (Lipinski definition) is 2. The van der Waals surface area contributed by atoms with Crippen molar-refractivity contribution < 1.29 is 0 Å². The van der Waals surface area contributed by atoms with Crippen LogP contribution in [0.4, 0.5) is 0 Å². The highest BCUT2D eigenvalue weighted by Crippen LogP contribution is 2.21. The molecule has 2 N–H and O–H groups in total. The lowest BCUT2D eigenvalue weighted by Gasteiger charge is -2.31. The first-order valence-electron chi connectivity index (χ1n) is 9.63. The first kappa shape index (κ1) is 18.5. The van der Waals surface area contributed by atoms with Crippen LogP contribution in [0, 0.1) is 0 Å². The lowest BCUT2D eigenvalue weighted by atomic mass is 9.94. The molecule has 134 valence electrons. The van der Waals surface area contributed by atoms with E-state index in [1.54, 1.807) is 0 Å². The normalized spacial score (nSPS) is 24.3. The molecule has 2 rings (SSSR count). The quantitative estimate of drug-likeness (QED) is 0.555. The maximum Gasteiger partial charge on any atom is 0.191 e. The third kappa shape index (κ3) is 5.96. The number of nitrogens with zero attached hydrogens (tertiary/aromatic N) is 3. The molecule has 5 nitrogen and oxygen atoms in total. The van der Waals surface area contributed by atoms with Crippen LogP contribution in [0.15, 0.2) is 4.99 Å². The zero-order chi connectivity index (χ0) is 16.5. The highest BCUT2D eigenvalue weighted by atomic mass is 15.2. The van der Waals surface area contributed by atoms with Crippen molar-refractivity contribution in [2.45, 2.75) is 64.0 Å². The second kappa shape index (κ2) is 10.1. The Labute approximate surface area is 142 Å². The molecule has 2 aliphatic rings. The largest absolute Gasteiger partial charge is 0.355 e. The van der Waals surface area contributed by atoms with Gasteiger partial charge in [-0.05, 0) is 45.8 Å². The molecule has 0 bridgehead atoms. The van der Waals surface area contributed by atoms with Crippen LogP contribution in [0.25, 0.3) is 0 Å². The lowest BCUT2D eigenvalue weighted by molar-refractivity contribution is 0.194. The standard InChI is InChI=1S/C18H37N5/c1-4-23-13-8-11-17(23)15-21-18(19-2)20-12-14-22(3)16-9-6-5-7-10-16/h16-17H,4-15H2,1-3H3,(H2,19,20,21). The van der Waals surface area contributed by atoms with Crippen LogP contribution in [-0.2, 0) is 0 Å². The Kier molecular flexibility index (Phi) is 8.17. The summed E-state index contributed by atoms with van der Waals surface area (Å²) in [5.74, 6) is 0.949. The van der Waals surface area contributed by atoms with Gasteiger partial charge in [0, 0.05) is 38.8 Å². The van der Waals surface area contributed by atoms with Gasteiger partial charge < -0.3 is 15.5 Å². The number of rotatable bonds is 7. The molecule has 0 aromatic carbocycles. The van der Waals surface area contributed by atoms with E-state index >= 15 is 0 Å². The van der Waals surface area contributed by atoms with E-state index in [1.165, 1.54) is 51.5 Å². The zero-order valence-electron chi connectivity index (χ0n) is 15.5. The molecular formula is C18H37N5. The Morgan fingerprint density at radius 1 is 1.13 bits per heavy atom. The molecule has 5 heteroatoms. The van der Waals surface area contributed by atoms with Gasteiger partial charge in [0.05, 0.1) is 0 Å². The molecule has 1 aliphatic carbocycles. The summed E-state index contributed by atoms with van der Waals surface area (Å²) < 4.78 is 0. The van der Waals surface area contributed by atoms with Crippen molar-refractivity contribution in [1.29, 1.82) is 0 Å². The number of likely N-dealkylation sites (N-methyl/N-ethyl adjacent to an activating group) is 2. The summed E-state index contributed by atoms with van der Waals surface area (Å²) in [5, 5.41) is 6.98. The summed E-state index contributed by atoms with van der Waals surface area (Å²) in [4.78, 5) is 9.46. The van der Waals surface area contributed by atoms with Crippen molar-refractivity contribution in [3.63, 3.8) is 0 Å². The number of likely N-dealkylation sites (tertiary alicyclic amines) is 1. The monoisotopic (exact) mass is 323 g/mol. The Bertz CT molecular complexity index is 351. The molecule has 1 unspecified atom stereocenters. The smallest absolute Gasteiger partial charge is 0.191 e. The van der Waals surface area contributed by atoms with Crippen LogP contribution in [0.3, 0.4) is 0 Å². The van der Waals surface area contributed by atoms with Gasteiger partial charge >= 0.3 is 0 Å². The van der Waals surface area contributed by atoms with Gasteiger partial charge in [-0.1, -0.05) is 26.2 Å². The first-order chi connectivity index (χ1) is 11.2. The van der Waals surface area contributed by atoms with Crippen LogP contribution in [-0.4, -0.2) is 74.7 Å². The Morgan fingerprint density at radius 2 is 1.91 bits per heavy atom. The minimum Gasteiger partial charge on any atom is -0.355 e. The fourth-order valence-electron chi connectivity index (χ4n) is 4.03. The van der Waals surface area contributed by atoms with Crippen LogP contribution >= 0.6 is 0 Å². The van der Waals surface area contributed by atoms with Crippen molar-refractivity contribution in [3.05, 3.63) is 0 Å². The van der Waals surface area contributed by atoms with Gasteiger partial charge in [-0.3, -0.25) is 9.89 Å². The molecule has 1 saturated heterocycles. The van der Waals surface area contributed by atoms with Crippen LogP contribution in [0.5, 0.6) is 0 Å². The van der Waals surface area contributed by atoms with E-state index in [0.717, 1.165) is 38.2 Å². The summed E-state index contributed by atoms with van der Waals surface area (Å²) in [6.07, 6.45) is 9.62. The summed E-state index contributed by atoms with van der Waals surface area (Å²) in [6, 6.07) is 1.46. The molecule has 0 spiro atoms. The third-order valence-corrected chi connectivity index (χ3v) is 5.59. The van der Waals surface area contributed by atoms with Crippen LogP contribution < -0.4 is 10.6 Å². The second-order valence-electron chi connectivity index (χ2n) is 7.08. The first-order valence-corrected chi connectivity index (χ1v) is 9.63. The van der Waals surface area contributed by atoms with E-state index in [2.05, 4.69) is 39.4 Å². The van der Waals surface area contributed by atoms with Gasteiger partial charge in [-0.15, -0.1) is 0 Å². The van der Waals surface area contributed by atoms with Gasteiger partial charge in [-0.25, -0.2) is 0 Å². The Balaban J connectivity index is 1.62. The SMILES string of the molecule is CCN1CCCC1CNC(=NC)NCCN(C)C1CCCCC1. The van der Waals surface area contributed by atoms with Crippen molar-refractivity contribution in [3.8, 4) is 0 Å². The topological polar surface area (TPSA) is 42.9 Å². The fraction of sp³-hybridized carbons (Fsp3) is 0.944. The van der Waals surface area contributed by atoms with Crippen LogP contribution in [0.2, 0.25) is 0 Å². The zero-order valence-corrected chi connectivity index (χ0v) is 15.5. The molecule has 0 radical (unpaired) electrons. The fourth-order valence-corrected chi connectivity index (χ4v) is 4.03. The molecule has 23 heavy (non-hydrogen) atoms. The molecule has 1 saturated carbocycles. The van der Waals surface area contributed by atoms with Gasteiger partial charge in [-0.2, -0.15) is 0 Å². The molecular weight excluding hydrogens is 286 g/mol. The number of guanidine groups is 1. The molecule has 2 fully saturated rings. The van der Waals surface area contributed by atoms with Gasteiger partial charge in [0.15, 0.2) is 5.96 Å². The van der Waals surface area contributed by atoms with E-state index in [1.807, 2.05) is 7.05 Å². The van der Waals surface area contributed by atoms with E-state index in [9.17, 15) is 0 Å². The average Bonchev–Trinajstić information content (AvgIpc) is 3.06. The molecule has 0 aromatic heterocycles. The summed E-state index contributed by atoms with van der Waals surface area (Å²) >= 11 is 0. The third-order valence-electron chi connectivity index (χ3n) is 5.59. The lowest BCUT2D eigenvalue weighted by Crippen LogP contribution is -2.47. The number of aliphatic imine (C=N–C) groups is 1. The van der Waals surface area contributed by atoms with Crippen molar-refractivity contribution in [2.75, 3.05) is 46.8 Å². The maximum atomic E-state index is 4.37. The van der Waals surface area contributed by atoms with E-state index < -0.39 is 0 Å². The predicted molar refractivity (Wildman–Crippen MR) is 99.1 cm³/mol. The van der Waals surface area contributed by atoms with Gasteiger partial charge in [0.1, 0.15) is 0 Å².